The fraction of sp³-hybridized carbons (Fsp3) is 0.750. The molecule has 1 unspecified atom stereocenters. The second-order valence-electron chi connectivity index (χ2n) is 6.67. The van der Waals surface area contributed by atoms with Gasteiger partial charge < -0.3 is 4.43 Å². The molecule has 2 heteroatoms. The lowest BCUT2D eigenvalue weighted by molar-refractivity contribution is 0.386. The molecule has 1 aliphatic carbocycles. The average Bonchev–Trinajstić information content (AvgIpc) is 2.53. The molecule has 1 atom stereocenters. The van der Waals surface area contributed by atoms with Crippen LogP contribution >= 0.6 is 0 Å². The Morgan fingerprint density at radius 1 is 1.00 bits per heavy atom. The van der Waals surface area contributed by atoms with Crippen molar-refractivity contribution in [2.45, 2.75) is 72.0 Å². The largest absolute Gasteiger partial charge is 0.543 e. The quantitative estimate of drug-likeness (QED) is 0.583. The van der Waals surface area contributed by atoms with Gasteiger partial charge in [0.05, 0.1) is 5.76 Å². The Hall–Kier alpha value is -0.503. The van der Waals surface area contributed by atoms with E-state index in [0.717, 1.165) is 5.76 Å². The van der Waals surface area contributed by atoms with Gasteiger partial charge in [0.2, 0.25) is 0 Å². The lowest BCUT2D eigenvalue weighted by Gasteiger charge is -2.42. The van der Waals surface area contributed by atoms with Crippen molar-refractivity contribution in [3.63, 3.8) is 0 Å². The molecule has 1 aliphatic rings. The van der Waals surface area contributed by atoms with Gasteiger partial charge in [-0.15, -0.1) is 0 Å². The van der Waals surface area contributed by atoms with Crippen molar-refractivity contribution in [3.05, 3.63) is 23.5 Å². The zero-order valence-corrected chi connectivity index (χ0v) is 14.4. The van der Waals surface area contributed by atoms with Gasteiger partial charge >= 0.3 is 0 Å². The molecule has 0 bridgehead atoms. The Bertz CT molecular complexity index is 328. The third kappa shape index (κ3) is 2.74. The van der Waals surface area contributed by atoms with Crippen molar-refractivity contribution in [3.8, 4) is 0 Å². The van der Waals surface area contributed by atoms with Crippen molar-refractivity contribution in [1.82, 2.24) is 0 Å². The maximum Gasteiger partial charge on any atom is 0.258 e. The van der Waals surface area contributed by atoms with E-state index in [1.807, 2.05) is 0 Å². The van der Waals surface area contributed by atoms with Crippen molar-refractivity contribution < 1.29 is 4.43 Å². The summed E-state index contributed by atoms with van der Waals surface area (Å²) < 4.78 is 6.65. The minimum Gasteiger partial charge on any atom is -0.543 e. The van der Waals surface area contributed by atoms with Gasteiger partial charge in [0.25, 0.3) is 8.32 Å². The SMILES string of the molecule is CC1=CC(O[Si](C(C)C)(C(C)C)C(C)C)=CC1C. The van der Waals surface area contributed by atoms with E-state index >= 15 is 0 Å². The molecular formula is C16H30OSi. The first-order chi connectivity index (χ1) is 8.21. The summed E-state index contributed by atoms with van der Waals surface area (Å²) in [5.41, 5.74) is 3.35. The van der Waals surface area contributed by atoms with Gasteiger partial charge in [-0.25, -0.2) is 0 Å². The molecule has 1 rings (SSSR count). The predicted molar refractivity (Wildman–Crippen MR) is 83.1 cm³/mol. The highest BCUT2D eigenvalue weighted by atomic mass is 28.4. The summed E-state index contributed by atoms with van der Waals surface area (Å²) >= 11 is 0. The molecule has 0 spiro atoms. The third-order valence-corrected chi connectivity index (χ3v) is 10.5. The van der Waals surface area contributed by atoms with Crippen LogP contribution < -0.4 is 0 Å². The number of rotatable bonds is 5. The second-order valence-corrected chi connectivity index (χ2v) is 12.0. The fourth-order valence-electron chi connectivity index (χ4n) is 3.40. The van der Waals surface area contributed by atoms with E-state index in [1.165, 1.54) is 5.57 Å². The Morgan fingerprint density at radius 2 is 1.44 bits per heavy atom. The van der Waals surface area contributed by atoms with E-state index in [2.05, 4.69) is 67.5 Å². The van der Waals surface area contributed by atoms with Crippen molar-refractivity contribution >= 4 is 8.32 Å². The molecule has 0 saturated heterocycles. The van der Waals surface area contributed by atoms with Crippen LogP contribution in [0.15, 0.2) is 23.5 Å². The van der Waals surface area contributed by atoms with Gasteiger partial charge in [-0.3, -0.25) is 0 Å². The van der Waals surface area contributed by atoms with E-state index in [0.29, 0.717) is 22.5 Å². The van der Waals surface area contributed by atoms with Gasteiger partial charge in [-0.1, -0.05) is 54.0 Å². The molecular weight excluding hydrogens is 236 g/mol. The first-order valence-corrected chi connectivity index (χ1v) is 9.44. The van der Waals surface area contributed by atoms with Crippen LogP contribution in [-0.4, -0.2) is 8.32 Å². The summed E-state index contributed by atoms with van der Waals surface area (Å²) in [6.45, 7) is 18.4. The smallest absolute Gasteiger partial charge is 0.258 e. The first-order valence-electron chi connectivity index (χ1n) is 7.30. The van der Waals surface area contributed by atoms with E-state index in [-0.39, 0.29) is 0 Å². The van der Waals surface area contributed by atoms with Crippen LogP contribution in [0.5, 0.6) is 0 Å². The van der Waals surface area contributed by atoms with Gasteiger partial charge in [-0.2, -0.15) is 0 Å². The van der Waals surface area contributed by atoms with Crippen LogP contribution in [0, 0.1) is 5.92 Å². The minimum atomic E-state index is -1.76. The number of hydrogen-bond acceptors (Lipinski definition) is 1. The molecule has 0 fully saturated rings. The molecule has 18 heavy (non-hydrogen) atoms. The van der Waals surface area contributed by atoms with E-state index in [9.17, 15) is 0 Å². The molecule has 0 radical (unpaired) electrons. The lowest BCUT2D eigenvalue weighted by atomic mass is 10.1. The fourth-order valence-corrected chi connectivity index (χ4v) is 8.65. The van der Waals surface area contributed by atoms with Crippen LogP contribution in [0.3, 0.4) is 0 Å². The molecule has 0 amide bonds. The third-order valence-electron chi connectivity index (χ3n) is 4.50. The van der Waals surface area contributed by atoms with Crippen molar-refractivity contribution in [2.75, 3.05) is 0 Å². The second kappa shape index (κ2) is 5.64. The Kier molecular flexibility index (Phi) is 4.88. The van der Waals surface area contributed by atoms with Crippen molar-refractivity contribution in [2.24, 2.45) is 5.92 Å². The van der Waals surface area contributed by atoms with E-state index < -0.39 is 8.32 Å². The zero-order valence-electron chi connectivity index (χ0n) is 13.4. The van der Waals surface area contributed by atoms with E-state index in [1.54, 1.807) is 0 Å². The maximum atomic E-state index is 6.65. The molecule has 0 aromatic heterocycles. The highest BCUT2D eigenvalue weighted by Gasteiger charge is 2.47. The number of allylic oxidation sites excluding steroid dienone is 3. The summed E-state index contributed by atoms with van der Waals surface area (Å²) in [4.78, 5) is 0. The van der Waals surface area contributed by atoms with Gasteiger partial charge in [0, 0.05) is 0 Å². The molecule has 0 saturated carbocycles. The molecule has 0 heterocycles. The molecule has 0 N–H and O–H groups in total. The van der Waals surface area contributed by atoms with Gasteiger partial charge in [0.1, 0.15) is 0 Å². The Labute approximate surface area is 114 Å². The van der Waals surface area contributed by atoms with Crippen molar-refractivity contribution in [1.29, 1.82) is 0 Å². The van der Waals surface area contributed by atoms with Crippen LogP contribution in [0.2, 0.25) is 16.6 Å². The highest BCUT2D eigenvalue weighted by Crippen LogP contribution is 2.44. The normalized spacial score (nSPS) is 20.7. The van der Waals surface area contributed by atoms with Crippen LogP contribution in [0.25, 0.3) is 0 Å². The maximum absolute atomic E-state index is 6.65. The Balaban J connectivity index is 3.04. The highest BCUT2D eigenvalue weighted by molar-refractivity contribution is 6.77. The van der Waals surface area contributed by atoms with Gasteiger partial charge in [0.15, 0.2) is 0 Å². The van der Waals surface area contributed by atoms with Gasteiger partial charge in [-0.05, 0) is 41.6 Å². The van der Waals surface area contributed by atoms with Crippen LogP contribution in [-0.2, 0) is 4.43 Å². The molecule has 1 nitrogen and oxygen atoms in total. The Morgan fingerprint density at radius 3 is 1.72 bits per heavy atom. The minimum absolute atomic E-state index is 0.540. The monoisotopic (exact) mass is 266 g/mol. The van der Waals surface area contributed by atoms with E-state index in [4.69, 9.17) is 4.43 Å². The summed E-state index contributed by atoms with van der Waals surface area (Å²) in [6, 6.07) is 0. The summed E-state index contributed by atoms with van der Waals surface area (Å²) in [5.74, 6) is 1.67. The summed E-state index contributed by atoms with van der Waals surface area (Å²) in [6.07, 6.45) is 4.52. The van der Waals surface area contributed by atoms with Crippen LogP contribution in [0.4, 0.5) is 0 Å². The molecule has 0 aromatic rings. The lowest BCUT2D eigenvalue weighted by Crippen LogP contribution is -2.47. The molecule has 0 aromatic carbocycles. The predicted octanol–water partition coefficient (Wildman–Crippen LogP) is 5.66. The average molecular weight is 267 g/mol. The molecule has 0 aliphatic heterocycles. The summed E-state index contributed by atoms with van der Waals surface area (Å²) in [5, 5.41) is 0. The summed E-state index contributed by atoms with van der Waals surface area (Å²) in [7, 11) is -1.76. The number of hydrogen-bond donors (Lipinski definition) is 0. The topological polar surface area (TPSA) is 9.23 Å². The van der Waals surface area contributed by atoms with Crippen LogP contribution in [0.1, 0.15) is 55.4 Å². The molecule has 104 valence electrons. The first kappa shape index (κ1) is 15.6. The zero-order chi connectivity index (χ0) is 14.1. The standard InChI is InChI=1S/C16H30OSi/c1-11(2)18(12(3)4,13(5)6)17-16-9-14(7)15(8)10-16/h9-14H,1-8H3.